The number of nitrogens with zero attached hydrogens (tertiary/aromatic N) is 2. The minimum atomic E-state index is -0.586. The highest BCUT2D eigenvalue weighted by Gasteiger charge is 2.41. The van der Waals surface area contributed by atoms with Gasteiger partial charge in [-0.3, -0.25) is 9.59 Å². The quantitative estimate of drug-likeness (QED) is 0.405. The Kier molecular flexibility index (Phi) is 7.15. The number of anilines is 1. The molecule has 3 aromatic rings. The number of ether oxygens (including phenoxy) is 3. The van der Waals surface area contributed by atoms with Crippen molar-refractivity contribution in [3.8, 4) is 17.2 Å². The first-order valence-electron chi connectivity index (χ1n) is 11.3. The average Bonchev–Trinajstić information content (AvgIpc) is 3.20. The minimum absolute atomic E-state index is 0.0981. The molecule has 0 spiro atoms. The fourth-order valence-electron chi connectivity index (χ4n) is 4.41. The molecule has 0 fully saturated rings. The zero-order valence-corrected chi connectivity index (χ0v) is 20.2. The lowest BCUT2D eigenvalue weighted by Gasteiger charge is -2.24. The Morgan fingerprint density at radius 3 is 2.20 bits per heavy atom. The molecule has 1 aliphatic heterocycles. The highest BCUT2D eigenvalue weighted by Crippen LogP contribution is 2.38. The Bertz CT molecular complexity index is 1240. The maximum Gasteiger partial charge on any atom is 0.256 e. The molecule has 1 amide bonds. The van der Waals surface area contributed by atoms with Crippen molar-refractivity contribution in [1.82, 2.24) is 0 Å². The first kappa shape index (κ1) is 24.0. The Balaban J connectivity index is 1.70. The fraction of sp³-hybridized carbons (Fsp3) is 0.250. The summed E-state index contributed by atoms with van der Waals surface area (Å²) < 4.78 is 16.0. The fourth-order valence-corrected chi connectivity index (χ4v) is 4.41. The van der Waals surface area contributed by atoms with E-state index in [1.165, 1.54) is 12.1 Å². The molecule has 180 valence electrons. The van der Waals surface area contributed by atoms with Gasteiger partial charge in [0.2, 0.25) is 0 Å². The third-order valence-electron chi connectivity index (χ3n) is 6.24. The van der Waals surface area contributed by atoms with Gasteiger partial charge in [0.1, 0.15) is 17.2 Å². The van der Waals surface area contributed by atoms with Crippen LogP contribution in [0.15, 0.2) is 77.9 Å². The van der Waals surface area contributed by atoms with E-state index in [1.54, 1.807) is 32.4 Å². The van der Waals surface area contributed by atoms with E-state index in [4.69, 9.17) is 14.2 Å². The summed E-state index contributed by atoms with van der Waals surface area (Å²) in [6.07, 6.45) is 0.0981. The van der Waals surface area contributed by atoms with Crippen LogP contribution in [0.4, 0.5) is 5.69 Å². The standard InChI is InChI=1S/C28H28N2O5/c1-18-27(28(32)30(29-18)20-8-6-5-7-9-20)24(19-10-12-21(33-2)13-11-19)17-25(31)23-15-14-22(34-3)16-26(23)35-4/h5-16,24,27H,17H2,1-4H3. The second-order valence-corrected chi connectivity index (χ2v) is 8.28. The molecule has 0 aliphatic carbocycles. The summed E-state index contributed by atoms with van der Waals surface area (Å²) in [6.45, 7) is 1.83. The van der Waals surface area contributed by atoms with E-state index in [0.717, 1.165) is 5.56 Å². The van der Waals surface area contributed by atoms with E-state index < -0.39 is 11.8 Å². The lowest BCUT2D eigenvalue weighted by molar-refractivity contribution is -0.120. The largest absolute Gasteiger partial charge is 0.497 e. The predicted octanol–water partition coefficient (Wildman–Crippen LogP) is 5.11. The number of carbonyl (C=O) groups excluding carboxylic acids is 2. The molecule has 1 aliphatic rings. The van der Waals surface area contributed by atoms with Gasteiger partial charge in [-0.2, -0.15) is 5.10 Å². The van der Waals surface area contributed by atoms with Crippen molar-refractivity contribution in [3.05, 3.63) is 83.9 Å². The molecule has 7 heteroatoms. The van der Waals surface area contributed by atoms with E-state index in [9.17, 15) is 9.59 Å². The Labute approximate surface area is 204 Å². The van der Waals surface area contributed by atoms with Crippen LogP contribution in [0.3, 0.4) is 0 Å². The first-order chi connectivity index (χ1) is 17.0. The van der Waals surface area contributed by atoms with E-state index in [-0.39, 0.29) is 18.1 Å². The van der Waals surface area contributed by atoms with Gasteiger partial charge in [0.15, 0.2) is 5.78 Å². The Morgan fingerprint density at radius 1 is 0.914 bits per heavy atom. The molecule has 1 heterocycles. The van der Waals surface area contributed by atoms with Crippen LogP contribution in [-0.2, 0) is 4.79 Å². The van der Waals surface area contributed by atoms with Gasteiger partial charge < -0.3 is 14.2 Å². The van der Waals surface area contributed by atoms with Crippen molar-refractivity contribution >= 4 is 23.1 Å². The van der Waals surface area contributed by atoms with Gasteiger partial charge in [-0.25, -0.2) is 5.01 Å². The molecule has 0 saturated heterocycles. The Morgan fingerprint density at radius 2 is 1.57 bits per heavy atom. The lowest BCUT2D eigenvalue weighted by atomic mass is 9.79. The molecular weight excluding hydrogens is 444 g/mol. The van der Waals surface area contributed by atoms with Crippen LogP contribution in [0, 0.1) is 5.92 Å². The molecule has 7 nitrogen and oxygen atoms in total. The van der Waals surface area contributed by atoms with Gasteiger partial charge in [0.05, 0.1) is 38.5 Å². The molecular formula is C28H28N2O5. The number of carbonyl (C=O) groups is 2. The van der Waals surface area contributed by atoms with Crippen molar-refractivity contribution in [1.29, 1.82) is 0 Å². The van der Waals surface area contributed by atoms with Gasteiger partial charge in [-0.15, -0.1) is 0 Å². The van der Waals surface area contributed by atoms with Gasteiger partial charge in [0.25, 0.3) is 5.91 Å². The summed E-state index contributed by atoms with van der Waals surface area (Å²) in [6, 6.07) is 21.9. The van der Waals surface area contributed by atoms with Crippen LogP contribution in [0.25, 0.3) is 0 Å². The van der Waals surface area contributed by atoms with Gasteiger partial charge >= 0.3 is 0 Å². The lowest BCUT2D eigenvalue weighted by Crippen LogP contribution is -2.32. The second-order valence-electron chi connectivity index (χ2n) is 8.28. The summed E-state index contributed by atoms with van der Waals surface area (Å²) >= 11 is 0. The van der Waals surface area contributed by atoms with Crippen LogP contribution in [-0.4, -0.2) is 38.7 Å². The molecule has 2 atom stereocenters. The third-order valence-corrected chi connectivity index (χ3v) is 6.24. The molecule has 4 rings (SSSR count). The number of rotatable bonds is 9. The number of methoxy groups -OCH3 is 3. The molecule has 0 N–H and O–H groups in total. The summed E-state index contributed by atoms with van der Waals surface area (Å²) in [4.78, 5) is 27.2. The van der Waals surface area contributed by atoms with Gasteiger partial charge in [-0.1, -0.05) is 30.3 Å². The number of hydrogen-bond donors (Lipinski definition) is 0. The SMILES string of the molecule is COc1ccc(C(CC(=O)c2ccc(OC)cc2OC)C2C(=O)N(c3ccccc3)N=C2C)cc1. The highest BCUT2D eigenvalue weighted by atomic mass is 16.5. The van der Waals surface area contributed by atoms with E-state index in [1.807, 2.05) is 61.5 Å². The van der Waals surface area contributed by atoms with Crippen LogP contribution in [0.5, 0.6) is 17.2 Å². The summed E-state index contributed by atoms with van der Waals surface area (Å²) in [5, 5.41) is 5.99. The average molecular weight is 473 g/mol. The molecule has 0 saturated carbocycles. The van der Waals surface area contributed by atoms with E-state index in [2.05, 4.69) is 5.10 Å². The molecule has 3 aromatic carbocycles. The number of benzene rings is 3. The highest BCUT2D eigenvalue weighted by molar-refractivity contribution is 6.16. The van der Waals surface area contributed by atoms with Crippen molar-refractivity contribution in [2.45, 2.75) is 19.3 Å². The van der Waals surface area contributed by atoms with Crippen LogP contribution < -0.4 is 19.2 Å². The molecule has 2 unspecified atom stereocenters. The van der Waals surface area contributed by atoms with Crippen LogP contribution in [0.1, 0.15) is 35.2 Å². The van der Waals surface area contributed by atoms with E-state index >= 15 is 0 Å². The van der Waals surface area contributed by atoms with Crippen molar-refractivity contribution in [3.63, 3.8) is 0 Å². The first-order valence-corrected chi connectivity index (χ1v) is 11.3. The number of hydrazone groups is 1. The second kappa shape index (κ2) is 10.4. The summed E-state index contributed by atoms with van der Waals surface area (Å²) in [5.74, 6) is 0.411. The summed E-state index contributed by atoms with van der Waals surface area (Å²) in [5.41, 5.74) is 2.64. The van der Waals surface area contributed by atoms with Gasteiger partial charge in [0, 0.05) is 24.1 Å². The summed E-state index contributed by atoms with van der Waals surface area (Å²) in [7, 11) is 4.67. The van der Waals surface area contributed by atoms with Crippen molar-refractivity contribution in [2.75, 3.05) is 26.3 Å². The van der Waals surface area contributed by atoms with Crippen LogP contribution >= 0.6 is 0 Å². The van der Waals surface area contributed by atoms with Crippen molar-refractivity contribution < 1.29 is 23.8 Å². The number of para-hydroxylation sites is 1. The molecule has 0 bridgehead atoms. The maximum absolute atomic E-state index is 13.6. The zero-order valence-electron chi connectivity index (χ0n) is 20.2. The number of amides is 1. The molecule has 0 aromatic heterocycles. The van der Waals surface area contributed by atoms with Crippen molar-refractivity contribution in [2.24, 2.45) is 11.0 Å². The Hall–Kier alpha value is -4.13. The zero-order chi connectivity index (χ0) is 24.9. The van der Waals surface area contributed by atoms with E-state index in [0.29, 0.717) is 34.2 Å². The topological polar surface area (TPSA) is 77.4 Å². The predicted molar refractivity (Wildman–Crippen MR) is 135 cm³/mol. The number of Topliss-reactive ketones (excluding diaryl/α,β-unsaturated/α-hetero) is 1. The smallest absolute Gasteiger partial charge is 0.256 e. The normalized spacial score (nSPS) is 16.0. The van der Waals surface area contributed by atoms with Crippen LogP contribution in [0.2, 0.25) is 0 Å². The molecule has 0 radical (unpaired) electrons. The number of ketones is 1. The maximum atomic E-state index is 13.6. The van der Waals surface area contributed by atoms with Gasteiger partial charge in [-0.05, 0) is 48.9 Å². The number of hydrogen-bond acceptors (Lipinski definition) is 6. The molecule has 35 heavy (non-hydrogen) atoms. The third kappa shape index (κ3) is 4.89. The monoisotopic (exact) mass is 472 g/mol. The minimum Gasteiger partial charge on any atom is -0.497 e.